The fourth-order valence-electron chi connectivity index (χ4n) is 2.39. The van der Waals surface area contributed by atoms with Crippen molar-refractivity contribution in [2.24, 2.45) is 10.7 Å². The van der Waals surface area contributed by atoms with Crippen LogP contribution in [0.4, 0.5) is 5.69 Å². The van der Waals surface area contributed by atoms with Gasteiger partial charge >= 0.3 is 0 Å². The van der Waals surface area contributed by atoms with Gasteiger partial charge in [-0.05, 0) is 38.1 Å². The number of rotatable bonds is 5. The number of hydrogen-bond donors (Lipinski definition) is 1. The summed E-state index contributed by atoms with van der Waals surface area (Å²) < 4.78 is 5.46. The Morgan fingerprint density at radius 3 is 2.45 bits per heavy atom. The fraction of sp³-hybridized carbons (Fsp3) is 0.562. The molecule has 2 N–H and O–H groups in total. The van der Waals surface area contributed by atoms with E-state index in [0.717, 1.165) is 31.2 Å². The third kappa shape index (κ3) is 5.07. The Balaban J connectivity index is 1.78. The molecule has 0 amide bonds. The summed E-state index contributed by atoms with van der Waals surface area (Å²) in [5.74, 6) is 0.614. The Kier molecular flexibility index (Phi) is 6.34. The maximum absolute atomic E-state index is 6.05. The fourth-order valence-corrected chi connectivity index (χ4v) is 2.52. The number of ether oxygens (including phenoxy) is 1. The Bertz CT molecular complexity index is 481. The Morgan fingerprint density at radius 1 is 1.23 bits per heavy atom. The second-order valence-corrected chi connectivity index (χ2v) is 6.05. The number of hydrogen-bond acceptors (Lipinski definition) is 3. The van der Waals surface area contributed by atoms with E-state index < -0.39 is 0 Å². The van der Waals surface area contributed by atoms with Gasteiger partial charge in [0.1, 0.15) is 0 Å². The van der Waals surface area contributed by atoms with Crippen molar-refractivity contribution in [2.45, 2.75) is 20.0 Å². The second-order valence-electron chi connectivity index (χ2n) is 5.61. The molecule has 0 spiro atoms. The second kappa shape index (κ2) is 8.25. The van der Waals surface area contributed by atoms with Crippen LogP contribution in [0.3, 0.4) is 0 Å². The molecule has 1 aromatic carbocycles. The number of benzene rings is 1. The van der Waals surface area contributed by atoms with Crippen LogP contribution in [0, 0.1) is 0 Å². The molecule has 22 heavy (non-hydrogen) atoms. The van der Waals surface area contributed by atoms with Gasteiger partial charge in [0.2, 0.25) is 0 Å². The molecule has 0 saturated carbocycles. The first kappa shape index (κ1) is 16.9. The largest absolute Gasteiger partial charge is 0.377 e. The topological polar surface area (TPSA) is 54.1 Å². The monoisotopic (exact) mass is 324 g/mol. The average Bonchev–Trinajstić information content (AvgIpc) is 2.52. The van der Waals surface area contributed by atoms with Crippen molar-refractivity contribution in [1.82, 2.24) is 4.90 Å². The normalized spacial score (nSPS) is 16.5. The van der Waals surface area contributed by atoms with Crippen LogP contribution in [0.5, 0.6) is 0 Å². The molecule has 0 aliphatic carbocycles. The molecule has 122 valence electrons. The van der Waals surface area contributed by atoms with E-state index in [4.69, 9.17) is 22.1 Å². The quantitative estimate of drug-likeness (QED) is 0.512. The van der Waals surface area contributed by atoms with Gasteiger partial charge in [-0.15, -0.1) is 0 Å². The van der Waals surface area contributed by atoms with Crippen molar-refractivity contribution in [1.29, 1.82) is 0 Å². The third-order valence-corrected chi connectivity index (χ3v) is 3.86. The average molecular weight is 325 g/mol. The molecule has 1 aliphatic heterocycles. The number of nitrogens with zero attached hydrogens (tertiary/aromatic N) is 3. The van der Waals surface area contributed by atoms with Gasteiger partial charge < -0.3 is 20.3 Å². The minimum Gasteiger partial charge on any atom is -0.377 e. The van der Waals surface area contributed by atoms with Crippen molar-refractivity contribution in [3.05, 3.63) is 29.3 Å². The summed E-state index contributed by atoms with van der Waals surface area (Å²) in [4.78, 5) is 8.85. The molecule has 1 aliphatic rings. The van der Waals surface area contributed by atoms with E-state index in [0.29, 0.717) is 19.1 Å². The SMILES string of the molecule is CC(C)OCCN=C(N)N1CCN(c2ccc(Cl)cc2)CC1. The summed E-state index contributed by atoms with van der Waals surface area (Å²) in [5, 5.41) is 0.766. The first-order valence-electron chi connectivity index (χ1n) is 7.73. The third-order valence-electron chi connectivity index (χ3n) is 3.61. The summed E-state index contributed by atoms with van der Waals surface area (Å²) in [6, 6.07) is 7.96. The van der Waals surface area contributed by atoms with Crippen molar-refractivity contribution < 1.29 is 4.74 Å². The van der Waals surface area contributed by atoms with E-state index in [2.05, 4.69) is 26.9 Å². The van der Waals surface area contributed by atoms with Crippen molar-refractivity contribution in [3.8, 4) is 0 Å². The molecular formula is C16H25ClN4O. The highest BCUT2D eigenvalue weighted by Crippen LogP contribution is 2.19. The summed E-state index contributed by atoms with van der Waals surface area (Å²) in [5.41, 5.74) is 7.25. The lowest BCUT2D eigenvalue weighted by Gasteiger charge is -2.36. The number of anilines is 1. The molecule has 0 bridgehead atoms. The molecule has 0 radical (unpaired) electrons. The number of halogens is 1. The van der Waals surface area contributed by atoms with Crippen LogP contribution in [-0.4, -0.2) is 56.3 Å². The van der Waals surface area contributed by atoms with Gasteiger partial charge in [0.15, 0.2) is 5.96 Å². The van der Waals surface area contributed by atoms with E-state index in [9.17, 15) is 0 Å². The molecule has 5 nitrogen and oxygen atoms in total. The lowest BCUT2D eigenvalue weighted by molar-refractivity contribution is 0.0852. The number of aliphatic imine (C=N–C) groups is 1. The van der Waals surface area contributed by atoms with Gasteiger partial charge in [-0.3, -0.25) is 4.99 Å². The Morgan fingerprint density at radius 2 is 1.86 bits per heavy atom. The summed E-state index contributed by atoms with van der Waals surface area (Å²) >= 11 is 5.93. The molecule has 2 rings (SSSR count). The maximum Gasteiger partial charge on any atom is 0.191 e. The van der Waals surface area contributed by atoms with Crippen molar-refractivity contribution in [3.63, 3.8) is 0 Å². The first-order chi connectivity index (χ1) is 10.6. The Labute approximate surface area is 137 Å². The smallest absolute Gasteiger partial charge is 0.191 e. The van der Waals surface area contributed by atoms with Crippen LogP contribution in [0.15, 0.2) is 29.3 Å². The Hall–Kier alpha value is -1.46. The highest BCUT2D eigenvalue weighted by atomic mass is 35.5. The minimum atomic E-state index is 0.236. The molecule has 1 fully saturated rings. The highest BCUT2D eigenvalue weighted by molar-refractivity contribution is 6.30. The van der Waals surface area contributed by atoms with E-state index in [1.807, 2.05) is 26.0 Å². The van der Waals surface area contributed by atoms with Crippen LogP contribution in [0.25, 0.3) is 0 Å². The number of nitrogens with two attached hydrogens (primary N) is 1. The van der Waals surface area contributed by atoms with Crippen LogP contribution >= 0.6 is 11.6 Å². The predicted molar refractivity (Wildman–Crippen MR) is 92.8 cm³/mol. The van der Waals surface area contributed by atoms with Crippen LogP contribution in [0.1, 0.15) is 13.8 Å². The molecule has 0 aromatic heterocycles. The van der Waals surface area contributed by atoms with Crippen LogP contribution in [0.2, 0.25) is 5.02 Å². The zero-order valence-corrected chi connectivity index (χ0v) is 14.1. The van der Waals surface area contributed by atoms with E-state index in [-0.39, 0.29) is 6.10 Å². The molecule has 0 atom stereocenters. The van der Waals surface area contributed by atoms with Gasteiger partial charge in [-0.25, -0.2) is 0 Å². The van der Waals surface area contributed by atoms with Gasteiger partial charge in [0, 0.05) is 36.9 Å². The zero-order chi connectivity index (χ0) is 15.9. The maximum atomic E-state index is 6.05. The minimum absolute atomic E-state index is 0.236. The van der Waals surface area contributed by atoms with Crippen LogP contribution in [-0.2, 0) is 4.74 Å². The predicted octanol–water partition coefficient (Wildman–Crippen LogP) is 2.20. The van der Waals surface area contributed by atoms with Crippen molar-refractivity contribution >= 4 is 23.2 Å². The van der Waals surface area contributed by atoms with Gasteiger partial charge in [-0.1, -0.05) is 11.6 Å². The standard InChI is InChI=1S/C16H25ClN4O/c1-13(2)22-12-7-19-16(18)21-10-8-20(9-11-21)15-5-3-14(17)4-6-15/h3-6,13H,7-12H2,1-2H3,(H2,18,19). The van der Waals surface area contributed by atoms with Crippen molar-refractivity contribution in [2.75, 3.05) is 44.2 Å². The van der Waals surface area contributed by atoms with Gasteiger partial charge in [-0.2, -0.15) is 0 Å². The molecule has 1 saturated heterocycles. The van der Waals surface area contributed by atoms with E-state index >= 15 is 0 Å². The zero-order valence-electron chi connectivity index (χ0n) is 13.3. The lowest BCUT2D eigenvalue weighted by Crippen LogP contribution is -2.51. The van der Waals surface area contributed by atoms with Gasteiger partial charge in [0.25, 0.3) is 0 Å². The first-order valence-corrected chi connectivity index (χ1v) is 8.11. The number of piperazine rings is 1. The highest BCUT2D eigenvalue weighted by Gasteiger charge is 2.18. The lowest BCUT2D eigenvalue weighted by atomic mass is 10.2. The molecule has 1 heterocycles. The summed E-state index contributed by atoms with van der Waals surface area (Å²) in [6.07, 6.45) is 0.236. The van der Waals surface area contributed by atoms with E-state index in [1.54, 1.807) is 0 Å². The molecular weight excluding hydrogens is 300 g/mol. The summed E-state index contributed by atoms with van der Waals surface area (Å²) in [7, 11) is 0. The summed E-state index contributed by atoms with van der Waals surface area (Å²) in [6.45, 7) is 8.88. The number of guanidine groups is 1. The molecule has 1 aromatic rings. The van der Waals surface area contributed by atoms with Gasteiger partial charge in [0.05, 0.1) is 19.3 Å². The van der Waals surface area contributed by atoms with E-state index in [1.165, 1.54) is 5.69 Å². The van der Waals surface area contributed by atoms with Crippen LogP contribution < -0.4 is 10.6 Å². The molecule has 0 unspecified atom stereocenters. The molecule has 6 heteroatoms.